The SMILES string of the molecule is CCC[C@H](C)NC(=O)COC(=O)Cc1c[nH]c2ccccc12. The van der Waals surface area contributed by atoms with Gasteiger partial charge in [-0.3, -0.25) is 9.59 Å². The maximum atomic E-state index is 11.9. The molecule has 0 saturated carbocycles. The third kappa shape index (κ3) is 4.35. The lowest BCUT2D eigenvalue weighted by Gasteiger charge is -2.12. The van der Waals surface area contributed by atoms with E-state index < -0.39 is 5.97 Å². The minimum Gasteiger partial charge on any atom is -0.455 e. The average molecular weight is 302 g/mol. The number of aromatic amines is 1. The fourth-order valence-corrected chi connectivity index (χ4v) is 2.45. The molecular formula is C17H22N2O3. The van der Waals surface area contributed by atoms with Gasteiger partial charge in [0.15, 0.2) is 6.61 Å². The molecule has 1 heterocycles. The second-order valence-electron chi connectivity index (χ2n) is 5.45. The van der Waals surface area contributed by atoms with Crippen LogP contribution in [0.5, 0.6) is 0 Å². The molecule has 1 atom stereocenters. The number of amides is 1. The lowest BCUT2D eigenvalue weighted by molar-refractivity contribution is -0.148. The molecule has 0 aliphatic rings. The number of aromatic nitrogens is 1. The number of fused-ring (bicyclic) bond motifs is 1. The normalized spacial score (nSPS) is 12.1. The summed E-state index contributed by atoms with van der Waals surface area (Å²) in [4.78, 5) is 26.6. The second kappa shape index (κ2) is 7.64. The summed E-state index contributed by atoms with van der Waals surface area (Å²) < 4.78 is 5.04. The highest BCUT2D eigenvalue weighted by atomic mass is 16.5. The molecule has 5 nitrogen and oxygen atoms in total. The average Bonchev–Trinajstić information content (AvgIpc) is 2.89. The number of esters is 1. The van der Waals surface area contributed by atoms with Crippen molar-refractivity contribution in [2.45, 2.75) is 39.2 Å². The van der Waals surface area contributed by atoms with Crippen molar-refractivity contribution in [3.05, 3.63) is 36.0 Å². The molecule has 2 rings (SSSR count). The summed E-state index contributed by atoms with van der Waals surface area (Å²) >= 11 is 0. The highest BCUT2D eigenvalue weighted by Crippen LogP contribution is 2.18. The molecule has 0 aliphatic carbocycles. The molecule has 0 bridgehead atoms. The van der Waals surface area contributed by atoms with E-state index >= 15 is 0 Å². The van der Waals surface area contributed by atoms with E-state index in [0.29, 0.717) is 0 Å². The van der Waals surface area contributed by atoms with Gasteiger partial charge in [0, 0.05) is 23.1 Å². The summed E-state index contributed by atoms with van der Waals surface area (Å²) in [7, 11) is 0. The van der Waals surface area contributed by atoms with Crippen molar-refractivity contribution in [3.63, 3.8) is 0 Å². The van der Waals surface area contributed by atoms with Crippen molar-refractivity contribution in [1.82, 2.24) is 10.3 Å². The number of benzene rings is 1. The lowest BCUT2D eigenvalue weighted by Crippen LogP contribution is -2.35. The van der Waals surface area contributed by atoms with Crippen molar-refractivity contribution >= 4 is 22.8 Å². The third-order valence-corrected chi connectivity index (χ3v) is 3.50. The Hall–Kier alpha value is -2.30. The Labute approximate surface area is 130 Å². The van der Waals surface area contributed by atoms with E-state index in [-0.39, 0.29) is 25.0 Å². The Morgan fingerprint density at radius 1 is 1.32 bits per heavy atom. The quantitative estimate of drug-likeness (QED) is 0.772. The van der Waals surface area contributed by atoms with Crippen LogP contribution in [0.4, 0.5) is 0 Å². The molecule has 1 amide bonds. The minimum atomic E-state index is -0.400. The molecule has 0 unspecified atom stereocenters. The smallest absolute Gasteiger partial charge is 0.310 e. The van der Waals surface area contributed by atoms with Crippen LogP contribution in [0.3, 0.4) is 0 Å². The lowest BCUT2D eigenvalue weighted by atomic mass is 10.1. The first-order valence-corrected chi connectivity index (χ1v) is 7.60. The maximum Gasteiger partial charge on any atom is 0.310 e. The summed E-state index contributed by atoms with van der Waals surface area (Å²) in [5, 5.41) is 3.80. The topological polar surface area (TPSA) is 71.2 Å². The van der Waals surface area contributed by atoms with E-state index in [1.807, 2.05) is 31.2 Å². The third-order valence-electron chi connectivity index (χ3n) is 3.50. The number of H-pyrrole nitrogens is 1. The van der Waals surface area contributed by atoms with Crippen LogP contribution in [0.15, 0.2) is 30.5 Å². The molecule has 2 aromatic rings. The fraction of sp³-hybridized carbons (Fsp3) is 0.412. The van der Waals surface area contributed by atoms with Crippen molar-refractivity contribution in [2.24, 2.45) is 0 Å². The summed E-state index contributed by atoms with van der Waals surface area (Å²) in [6, 6.07) is 7.86. The number of hydrogen-bond acceptors (Lipinski definition) is 3. The Kier molecular flexibility index (Phi) is 5.58. The molecule has 22 heavy (non-hydrogen) atoms. The van der Waals surface area contributed by atoms with Crippen LogP contribution >= 0.6 is 0 Å². The van der Waals surface area contributed by atoms with Crippen molar-refractivity contribution in [3.8, 4) is 0 Å². The number of carbonyl (C=O) groups excluding carboxylic acids is 2. The molecule has 0 saturated heterocycles. The van der Waals surface area contributed by atoms with Gasteiger partial charge in [0.25, 0.3) is 5.91 Å². The van der Waals surface area contributed by atoms with E-state index in [0.717, 1.165) is 29.3 Å². The van der Waals surface area contributed by atoms with E-state index in [1.54, 1.807) is 6.20 Å². The van der Waals surface area contributed by atoms with E-state index in [2.05, 4.69) is 17.2 Å². The maximum absolute atomic E-state index is 11.9. The molecule has 118 valence electrons. The second-order valence-corrected chi connectivity index (χ2v) is 5.45. The van der Waals surface area contributed by atoms with Gasteiger partial charge in [0.1, 0.15) is 0 Å². The Balaban J connectivity index is 1.82. The van der Waals surface area contributed by atoms with Crippen molar-refractivity contribution < 1.29 is 14.3 Å². The van der Waals surface area contributed by atoms with Gasteiger partial charge in [0.05, 0.1) is 6.42 Å². The van der Waals surface area contributed by atoms with Gasteiger partial charge in [-0.05, 0) is 25.0 Å². The summed E-state index contributed by atoms with van der Waals surface area (Å²) in [6.07, 6.45) is 3.87. The molecular weight excluding hydrogens is 280 g/mol. The standard InChI is InChI=1S/C17H22N2O3/c1-3-6-12(2)19-16(20)11-22-17(21)9-13-10-18-15-8-5-4-7-14(13)15/h4-5,7-8,10,12,18H,3,6,9,11H2,1-2H3,(H,19,20)/t12-/m0/s1. The van der Waals surface area contributed by atoms with Crippen LogP contribution in [-0.2, 0) is 20.7 Å². The van der Waals surface area contributed by atoms with E-state index in [4.69, 9.17) is 4.74 Å². The predicted octanol–water partition coefficient (Wildman–Crippen LogP) is 2.56. The molecule has 1 aromatic carbocycles. The number of hydrogen-bond donors (Lipinski definition) is 2. The molecule has 1 aromatic heterocycles. The number of nitrogens with one attached hydrogen (secondary N) is 2. The number of ether oxygens (including phenoxy) is 1. The van der Waals surface area contributed by atoms with Crippen LogP contribution in [0.2, 0.25) is 0 Å². The Morgan fingerprint density at radius 2 is 2.09 bits per heavy atom. The van der Waals surface area contributed by atoms with Gasteiger partial charge in [0.2, 0.25) is 0 Å². The van der Waals surface area contributed by atoms with Crippen LogP contribution in [0, 0.1) is 0 Å². The summed E-state index contributed by atoms with van der Waals surface area (Å²) in [6.45, 7) is 3.77. The minimum absolute atomic E-state index is 0.102. The van der Waals surface area contributed by atoms with E-state index in [1.165, 1.54) is 0 Å². The molecule has 0 radical (unpaired) electrons. The fourth-order valence-electron chi connectivity index (χ4n) is 2.45. The zero-order valence-corrected chi connectivity index (χ0v) is 13.0. The highest BCUT2D eigenvalue weighted by Gasteiger charge is 2.12. The Morgan fingerprint density at radius 3 is 2.86 bits per heavy atom. The highest BCUT2D eigenvalue weighted by molar-refractivity contribution is 5.88. The zero-order valence-electron chi connectivity index (χ0n) is 13.0. The van der Waals surface area contributed by atoms with Crippen LogP contribution in [0.25, 0.3) is 10.9 Å². The van der Waals surface area contributed by atoms with Crippen LogP contribution < -0.4 is 5.32 Å². The largest absolute Gasteiger partial charge is 0.455 e. The van der Waals surface area contributed by atoms with Gasteiger partial charge in [-0.2, -0.15) is 0 Å². The molecule has 0 spiro atoms. The van der Waals surface area contributed by atoms with Gasteiger partial charge in [-0.15, -0.1) is 0 Å². The van der Waals surface area contributed by atoms with Crippen molar-refractivity contribution in [2.75, 3.05) is 6.61 Å². The van der Waals surface area contributed by atoms with Crippen molar-refractivity contribution in [1.29, 1.82) is 0 Å². The monoisotopic (exact) mass is 302 g/mol. The zero-order chi connectivity index (χ0) is 15.9. The van der Waals surface area contributed by atoms with Gasteiger partial charge in [-0.25, -0.2) is 0 Å². The predicted molar refractivity (Wildman–Crippen MR) is 85.5 cm³/mol. The summed E-state index contributed by atoms with van der Waals surface area (Å²) in [5.41, 5.74) is 1.86. The first kappa shape index (κ1) is 16.1. The number of rotatable bonds is 7. The van der Waals surface area contributed by atoms with E-state index in [9.17, 15) is 9.59 Å². The Bertz CT molecular complexity index is 648. The molecule has 5 heteroatoms. The molecule has 0 fully saturated rings. The molecule has 2 N–H and O–H groups in total. The van der Waals surface area contributed by atoms with Gasteiger partial charge in [-0.1, -0.05) is 31.5 Å². The number of para-hydroxylation sites is 1. The van der Waals surface area contributed by atoms with Crippen LogP contribution in [0.1, 0.15) is 32.3 Å². The van der Waals surface area contributed by atoms with Crippen LogP contribution in [-0.4, -0.2) is 29.5 Å². The van der Waals surface area contributed by atoms with Gasteiger partial charge < -0.3 is 15.0 Å². The first-order chi connectivity index (χ1) is 10.6. The molecule has 0 aliphatic heterocycles. The first-order valence-electron chi connectivity index (χ1n) is 7.60. The number of carbonyl (C=O) groups is 2. The van der Waals surface area contributed by atoms with Gasteiger partial charge >= 0.3 is 5.97 Å². The summed E-state index contributed by atoms with van der Waals surface area (Å²) in [5.74, 6) is -0.656.